The van der Waals surface area contributed by atoms with Gasteiger partial charge in [0, 0.05) is 6.42 Å². The summed E-state index contributed by atoms with van der Waals surface area (Å²) < 4.78 is 56.5. The highest BCUT2D eigenvalue weighted by Crippen LogP contribution is 2.51. The minimum atomic E-state index is -3.45. The number of rotatable bonds is 3. The fraction of sp³-hybridized carbons (Fsp3) is 0.467. The Balaban J connectivity index is 1.72. The summed E-state index contributed by atoms with van der Waals surface area (Å²) in [6.45, 7) is 0. The molecule has 4 rings (SSSR count). The number of alkyl halides is 4. The Labute approximate surface area is 124 Å². The van der Waals surface area contributed by atoms with E-state index in [1.165, 1.54) is 4.68 Å². The lowest BCUT2D eigenvalue weighted by Gasteiger charge is -2.13. The number of halogens is 4. The van der Waals surface area contributed by atoms with E-state index >= 15 is 0 Å². The summed E-state index contributed by atoms with van der Waals surface area (Å²) in [5.74, 6) is -5.70. The van der Waals surface area contributed by atoms with Crippen molar-refractivity contribution in [2.45, 2.75) is 37.1 Å². The Morgan fingerprint density at radius 1 is 1.09 bits per heavy atom. The molecule has 1 aliphatic carbocycles. The van der Waals surface area contributed by atoms with Gasteiger partial charge in [0.15, 0.2) is 12.0 Å². The Hall–Kier alpha value is -1.92. The lowest BCUT2D eigenvalue weighted by atomic mass is 10.0. The Morgan fingerprint density at radius 3 is 2.41 bits per heavy atom. The van der Waals surface area contributed by atoms with Crippen LogP contribution in [0.25, 0.3) is 0 Å². The number of benzene rings is 1. The van der Waals surface area contributed by atoms with E-state index in [1.54, 1.807) is 24.3 Å². The van der Waals surface area contributed by atoms with Crippen LogP contribution in [0.4, 0.5) is 17.6 Å². The van der Waals surface area contributed by atoms with Gasteiger partial charge >= 0.3 is 5.92 Å². The summed E-state index contributed by atoms with van der Waals surface area (Å²) >= 11 is 0. The van der Waals surface area contributed by atoms with Gasteiger partial charge in [-0.2, -0.15) is 8.78 Å². The number of hydrogen-bond donors (Lipinski definition) is 0. The van der Waals surface area contributed by atoms with Crippen LogP contribution in [0.2, 0.25) is 0 Å². The highest BCUT2D eigenvalue weighted by Gasteiger charge is 2.59. The summed E-state index contributed by atoms with van der Waals surface area (Å²) in [5.41, 5.74) is 0.790. The van der Waals surface area contributed by atoms with Gasteiger partial charge in [-0.05, 0) is 12.0 Å². The Bertz CT molecular complexity index is 700. The molecule has 2 aliphatic rings. The topological polar surface area (TPSA) is 30.7 Å². The van der Waals surface area contributed by atoms with Crippen molar-refractivity contribution in [3.63, 3.8) is 0 Å². The summed E-state index contributed by atoms with van der Waals surface area (Å²) in [7, 11) is 0. The number of fused-ring (bicyclic) bond motifs is 1. The van der Waals surface area contributed by atoms with E-state index in [2.05, 4.69) is 10.1 Å². The molecule has 1 aromatic heterocycles. The molecule has 3 nitrogen and oxygen atoms in total. The second-order valence-corrected chi connectivity index (χ2v) is 5.85. The second-order valence-electron chi connectivity index (χ2n) is 5.85. The Kier molecular flexibility index (Phi) is 2.83. The average molecular weight is 311 g/mol. The molecule has 2 aromatic rings. The minimum Gasteiger partial charge on any atom is -0.247 e. The van der Waals surface area contributed by atoms with Crippen LogP contribution in [-0.4, -0.2) is 20.9 Å². The third-order valence-electron chi connectivity index (χ3n) is 4.32. The molecular weight excluding hydrogens is 298 g/mol. The third kappa shape index (κ3) is 1.94. The van der Waals surface area contributed by atoms with E-state index in [4.69, 9.17) is 0 Å². The molecule has 2 heterocycles. The molecule has 0 amide bonds. The molecule has 1 fully saturated rings. The second kappa shape index (κ2) is 4.54. The van der Waals surface area contributed by atoms with Crippen LogP contribution in [0, 0.1) is 5.92 Å². The fourth-order valence-electron chi connectivity index (χ4n) is 2.98. The van der Waals surface area contributed by atoms with Crippen LogP contribution < -0.4 is 0 Å². The number of aromatic nitrogens is 3. The number of nitrogens with zero attached hydrogens (tertiary/aromatic N) is 3. The van der Waals surface area contributed by atoms with E-state index in [-0.39, 0.29) is 18.7 Å². The first-order chi connectivity index (χ1) is 10.5. The van der Waals surface area contributed by atoms with Crippen molar-refractivity contribution >= 4 is 0 Å². The zero-order valence-electron chi connectivity index (χ0n) is 11.5. The van der Waals surface area contributed by atoms with Crippen molar-refractivity contribution < 1.29 is 17.6 Å². The molecule has 22 heavy (non-hydrogen) atoms. The van der Waals surface area contributed by atoms with Gasteiger partial charge in [0.2, 0.25) is 5.82 Å². The van der Waals surface area contributed by atoms with Crippen molar-refractivity contribution in [2.75, 3.05) is 0 Å². The molecule has 0 N–H and O–H groups in total. The van der Waals surface area contributed by atoms with Crippen molar-refractivity contribution in [3.05, 3.63) is 47.5 Å². The monoisotopic (exact) mass is 311 g/mol. The van der Waals surface area contributed by atoms with E-state index in [0.717, 1.165) is 5.56 Å². The first-order valence-corrected chi connectivity index (χ1v) is 7.16. The average Bonchev–Trinajstić information content (AvgIpc) is 2.97. The van der Waals surface area contributed by atoms with E-state index in [1.807, 2.05) is 6.07 Å². The lowest BCUT2D eigenvalue weighted by molar-refractivity contribution is -0.0445. The Morgan fingerprint density at radius 2 is 1.77 bits per heavy atom. The molecule has 4 atom stereocenters. The van der Waals surface area contributed by atoms with Crippen LogP contribution in [0.15, 0.2) is 30.3 Å². The van der Waals surface area contributed by atoms with E-state index in [0.29, 0.717) is 0 Å². The van der Waals surface area contributed by atoms with Crippen molar-refractivity contribution in [3.8, 4) is 0 Å². The zero-order chi connectivity index (χ0) is 15.5. The predicted octanol–water partition coefficient (Wildman–Crippen LogP) is 3.73. The quantitative estimate of drug-likeness (QED) is 0.809. The molecule has 0 bridgehead atoms. The molecule has 7 heteroatoms. The van der Waals surface area contributed by atoms with E-state index in [9.17, 15) is 17.6 Å². The first-order valence-electron chi connectivity index (χ1n) is 7.16. The predicted molar refractivity (Wildman–Crippen MR) is 70.0 cm³/mol. The van der Waals surface area contributed by atoms with Gasteiger partial charge in [-0.1, -0.05) is 30.3 Å². The summed E-state index contributed by atoms with van der Waals surface area (Å²) in [6, 6.07) is 8.55. The van der Waals surface area contributed by atoms with Crippen molar-refractivity contribution in [1.29, 1.82) is 0 Å². The first kappa shape index (κ1) is 13.7. The fourth-order valence-corrected chi connectivity index (χ4v) is 2.98. The van der Waals surface area contributed by atoms with Crippen LogP contribution in [0.3, 0.4) is 0 Å². The van der Waals surface area contributed by atoms with Gasteiger partial charge in [-0.25, -0.2) is 18.4 Å². The van der Waals surface area contributed by atoms with Gasteiger partial charge in [-0.15, -0.1) is 5.10 Å². The zero-order valence-corrected chi connectivity index (χ0v) is 11.5. The maximum Gasteiger partial charge on any atom is 0.314 e. The van der Waals surface area contributed by atoms with Crippen LogP contribution in [-0.2, 0) is 5.92 Å². The van der Waals surface area contributed by atoms with Crippen molar-refractivity contribution in [2.24, 2.45) is 5.92 Å². The molecule has 0 radical (unpaired) electrons. The van der Waals surface area contributed by atoms with Crippen LogP contribution in [0.1, 0.15) is 42.3 Å². The summed E-state index contributed by atoms with van der Waals surface area (Å²) in [5, 5.41) is 3.82. The van der Waals surface area contributed by atoms with Crippen LogP contribution >= 0.6 is 0 Å². The molecule has 0 saturated heterocycles. The molecular formula is C15H13F4N3. The van der Waals surface area contributed by atoms with Gasteiger partial charge in [0.1, 0.15) is 6.17 Å². The van der Waals surface area contributed by atoms with Gasteiger partial charge in [0.05, 0.1) is 12.0 Å². The molecule has 1 aliphatic heterocycles. The SMILES string of the molecule is F[C@@H]1CC1C(F)(F)c1nc2n(n1)[C@H](c1ccccc1)C[C@@H]2F. The molecule has 1 saturated carbocycles. The molecule has 1 aromatic carbocycles. The van der Waals surface area contributed by atoms with Gasteiger partial charge in [0.25, 0.3) is 0 Å². The smallest absolute Gasteiger partial charge is 0.247 e. The molecule has 1 unspecified atom stereocenters. The van der Waals surface area contributed by atoms with Gasteiger partial charge in [-0.3, -0.25) is 0 Å². The standard InChI is InChI=1S/C15H13F4N3/c16-10-6-9(10)15(18,19)14-20-13-11(17)7-12(22(13)21-14)8-4-2-1-3-5-8/h1-5,9-12H,6-7H2/t9?,10-,11+,12+/m1/s1. The molecule has 0 spiro atoms. The highest BCUT2D eigenvalue weighted by molar-refractivity contribution is 5.24. The maximum atomic E-state index is 14.1. The summed E-state index contributed by atoms with van der Waals surface area (Å²) in [4.78, 5) is 3.68. The van der Waals surface area contributed by atoms with Gasteiger partial charge < -0.3 is 0 Å². The molecule has 116 valence electrons. The largest absolute Gasteiger partial charge is 0.314 e. The van der Waals surface area contributed by atoms with Crippen LogP contribution in [0.5, 0.6) is 0 Å². The summed E-state index contributed by atoms with van der Waals surface area (Å²) in [6.07, 6.45) is -3.04. The van der Waals surface area contributed by atoms with E-state index < -0.39 is 36.1 Å². The maximum absolute atomic E-state index is 14.1. The lowest BCUT2D eigenvalue weighted by Crippen LogP contribution is -2.21. The number of hydrogen-bond acceptors (Lipinski definition) is 2. The van der Waals surface area contributed by atoms with Crippen molar-refractivity contribution in [1.82, 2.24) is 14.8 Å². The minimum absolute atomic E-state index is 0.0976. The normalized spacial score (nSPS) is 30.4. The highest BCUT2D eigenvalue weighted by atomic mass is 19.3. The third-order valence-corrected chi connectivity index (χ3v) is 4.32.